The van der Waals surface area contributed by atoms with Crippen LogP contribution in [-0.4, -0.2) is 39.6 Å². The number of aromatic carboxylic acids is 1. The number of carbonyl (C=O) groups excluding carboxylic acids is 1. The molecule has 18 heavy (non-hydrogen) atoms. The minimum absolute atomic E-state index is 0.0810. The van der Waals surface area contributed by atoms with Gasteiger partial charge >= 0.3 is 5.97 Å². The van der Waals surface area contributed by atoms with Crippen molar-refractivity contribution in [3.63, 3.8) is 0 Å². The molecule has 96 valence electrons. The molecular formula is C11H13N3O3S. The molecule has 1 aromatic heterocycles. The number of carbonyl (C=O) groups is 2. The summed E-state index contributed by atoms with van der Waals surface area (Å²) < 4.78 is 0. The second-order valence-corrected chi connectivity index (χ2v) is 4.86. The monoisotopic (exact) mass is 267 g/mol. The van der Waals surface area contributed by atoms with Gasteiger partial charge in [-0.25, -0.2) is 4.79 Å². The Labute approximate surface area is 108 Å². The Bertz CT molecular complexity index is 461. The van der Waals surface area contributed by atoms with Gasteiger partial charge in [-0.1, -0.05) is 0 Å². The maximum atomic E-state index is 11.7. The molecule has 0 bridgehead atoms. The molecule has 2 rings (SSSR count). The molecule has 1 aromatic rings. The van der Waals surface area contributed by atoms with E-state index in [2.05, 4.69) is 15.6 Å². The highest BCUT2D eigenvalue weighted by Crippen LogP contribution is 2.09. The predicted molar refractivity (Wildman–Crippen MR) is 67.3 cm³/mol. The van der Waals surface area contributed by atoms with E-state index in [9.17, 15) is 9.59 Å². The summed E-state index contributed by atoms with van der Waals surface area (Å²) in [5, 5.41) is 14.6. The Morgan fingerprint density at radius 1 is 1.61 bits per heavy atom. The molecule has 6 nitrogen and oxygen atoms in total. The summed E-state index contributed by atoms with van der Waals surface area (Å²) in [6.07, 6.45) is 1.43. The number of carboxylic acids is 1. The standard InChI is InChI=1S/C11H13N3O3S/c15-10(9-5-18-6-14-9)13-4-8-3-7(11(16)17)1-2-12-8/h1-3,9,14H,4-6H2,(H,13,15)(H,16,17). The molecule has 1 atom stereocenters. The van der Waals surface area contributed by atoms with Crippen molar-refractivity contribution < 1.29 is 14.7 Å². The molecule has 1 fully saturated rings. The number of aromatic nitrogens is 1. The number of nitrogens with zero attached hydrogens (tertiary/aromatic N) is 1. The minimum Gasteiger partial charge on any atom is -0.478 e. The number of thioether (sulfide) groups is 1. The second kappa shape index (κ2) is 5.83. The fraction of sp³-hybridized carbons (Fsp3) is 0.364. The first-order chi connectivity index (χ1) is 8.66. The number of rotatable bonds is 4. The van der Waals surface area contributed by atoms with Crippen LogP contribution in [-0.2, 0) is 11.3 Å². The minimum atomic E-state index is -1.00. The van der Waals surface area contributed by atoms with E-state index in [1.54, 1.807) is 11.8 Å². The van der Waals surface area contributed by atoms with Crippen LogP contribution < -0.4 is 10.6 Å². The van der Waals surface area contributed by atoms with Crippen LogP contribution in [0.2, 0.25) is 0 Å². The van der Waals surface area contributed by atoms with Gasteiger partial charge in [-0.2, -0.15) is 0 Å². The van der Waals surface area contributed by atoms with E-state index in [1.165, 1.54) is 18.3 Å². The van der Waals surface area contributed by atoms with E-state index in [0.29, 0.717) is 5.69 Å². The van der Waals surface area contributed by atoms with Crippen molar-refractivity contribution in [2.24, 2.45) is 0 Å². The van der Waals surface area contributed by atoms with Crippen molar-refractivity contribution in [3.8, 4) is 0 Å². The van der Waals surface area contributed by atoms with Gasteiger partial charge in [-0.05, 0) is 12.1 Å². The molecule has 1 unspecified atom stereocenters. The van der Waals surface area contributed by atoms with Crippen LogP contribution in [0, 0.1) is 0 Å². The SMILES string of the molecule is O=C(O)c1ccnc(CNC(=O)C2CSCN2)c1. The largest absolute Gasteiger partial charge is 0.478 e. The average molecular weight is 267 g/mol. The van der Waals surface area contributed by atoms with Crippen molar-refractivity contribution in [1.82, 2.24) is 15.6 Å². The molecule has 0 saturated carbocycles. The number of hydrogen-bond acceptors (Lipinski definition) is 5. The van der Waals surface area contributed by atoms with Crippen LogP contribution in [0.15, 0.2) is 18.3 Å². The first-order valence-electron chi connectivity index (χ1n) is 5.44. The molecule has 0 spiro atoms. The van der Waals surface area contributed by atoms with E-state index >= 15 is 0 Å². The lowest BCUT2D eigenvalue weighted by atomic mass is 10.2. The van der Waals surface area contributed by atoms with Gasteiger partial charge in [0.25, 0.3) is 0 Å². The quantitative estimate of drug-likeness (QED) is 0.714. The highest BCUT2D eigenvalue weighted by molar-refractivity contribution is 7.99. The van der Waals surface area contributed by atoms with Crippen molar-refractivity contribution in [2.45, 2.75) is 12.6 Å². The second-order valence-electron chi connectivity index (χ2n) is 3.83. The topological polar surface area (TPSA) is 91.3 Å². The third-order valence-electron chi connectivity index (χ3n) is 2.54. The Balaban J connectivity index is 1.91. The molecule has 7 heteroatoms. The molecule has 3 N–H and O–H groups in total. The van der Waals surface area contributed by atoms with Crippen LogP contribution in [0.3, 0.4) is 0 Å². The van der Waals surface area contributed by atoms with E-state index in [1.807, 2.05) is 0 Å². The van der Waals surface area contributed by atoms with Crippen LogP contribution in [0.1, 0.15) is 16.1 Å². The molecular weight excluding hydrogens is 254 g/mol. The first kappa shape index (κ1) is 12.8. The Kier molecular flexibility index (Phi) is 4.16. The third kappa shape index (κ3) is 3.21. The maximum Gasteiger partial charge on any atom is 0.335 e. The zero-order valence-electron chi connectivity index (χ0n) is 9.55. The van der Waals surface area contributed by atoms with Crippen LogP contribution in [0.4, 0.5) is 0 Å². The molecule has 1 aliphatic rings. The zero-order valence-corrected chi connectivity index (χ0v) is 10.4. The Hall–Kier alpha value is -1.60. The van der Waals surface area contributed by atoms with E-state index in [-0.39, 0.29) is 24.1 Å². The van der Waals surface area contributed by atoms with Crippen LogP contribution in [0.25, 0.3) is 0 Å². The van der Waals surface area contributed by atoms with Crippen molar-refractivity contribution in [1.29, 1.82) is 0 Å². The summed E-state index contributed by atoms with van der Waals surface area (Å²) in [5.74, 6) is 0.459. The van der Waals surface area contributed by atoms with E-state index in [4.69, 9.17) is 5.11 Å². The van der Waals surface area contributed by atoms with Gasteiger partial charge in [0.1, 0.15) is 0 Å². The molecule has 2 heterocycles. The molecule has 0 aromatic carbocycles. The van der Waals surface area contributed by atoms with Gasteiger partial charge in [0.05, 0.1) is 23.8 Å². The van der Waals surface area contributed by atoms with Gasteiger partial charge in [0.2, 0.25) is 5.91 Å². The zero-order chi connectivity index (χ0) is 13.0. The highest BCUT2D eigenvalue weighted by atomic mass is 32.2. The first-order valence-corrected chi connectivity index (χ1v) is 6.59. The smallest absolute Gasteiger partial charge is 0.335 e. The number of amides is 1. The average Bonchev–Trinajstić information content (AvgIpc) is 2.90. The summed E-state index contributed by atoms with van der Waals surface area (Å²) >= 11 is 1.67. The molecule has 0 radical (unpaired) electrons. The Morgan fingerprint density at radius 3 is 3.11 bits per heavy atom. The van der Waals surface area contributed by atoms with Gasteiger partial charge < -0.3 is 10.4 Å². The Morgan fingerprint density at radius 2 is 2.44 bits per heavy atom. The van der Waals surface area contributed by atoms with Crippen molar-refractivity contribution >= 4 is 23.6 Å². The van der Waals surface area contributed by atoms with Gasteiger partial charge in [0, 0.05) is 17.8 Å². The summed E-state index contributed by atoms with van der Waals surface area (Å²) in [4.78, 5) is 26.5. The summed E-state index contributed by atoms with van der Waals surface area (Å²) in [7, 11) is 0. The maximum absolute atomic E-state index is 11.7. The highest BCUT2D eigenvalue weighted by Gasteiger charge is 2.22. The van der Waals surface area contributed by atoms with Crippen molar-refractivity contribution in [3.05, 3.63) is 29.6 Å². The molecule has 0 aliphatic carbocycles. The fourth-order valence-electron chi connectivity index (χ4n) is 1.57. The van der Waals surface area contributed by atoms with E-state index < -0.39 is 5.97 Å². The molecule has 1 amide bonds. The van der Waals surface area contributed by atoms with E-state index in [0.717, 1.165) is 11.6 Å². The number of carboxylic acid groups (broad SMARTS) is 1. The van der Waals surface area contributed by atoms with Crippen molar-refractivity contribution in [2.75, 3.05) is 11.6 Å². The summed E-state index contributed by atoms with van der Waals surface area (Å²) in [6.45, 7) is 0.239. The predicted octanol–water partition coefficient (Wildman–Crippen LogP) is 0.0585. The van der Waals surface area contributed by atoms with Gasteiger partial charge in [-0.3, -0.25) is 15.1 Å². The summed E-state index contributed by atoms with van der Waals surface area (Å²) in [6, 6.07) is 2.71. The number of nitrogens with one attached hydrogen (secondary N) is 2. The van der Waals surface area contributed by atoms with Gasteiger partial charge in [-0.15, -0.1) is 11.8 Å². The number of pyridine rings is 1. The fourth-order valence-corrected chi connectivity index (χ4v) is 2.51. The summed E-state index contributed by atoms with van der Waals surface area (Å²) in [5.41, 5.74) is 0.706. The molecule has 1 aliphatic heterocycles. The van der Waals surface area contributed by atoms with Crippen LogP contribution in [0.5, 0.6) is 0 Å². The lowest BCUT2D eigenvalue weighted by molar-refractivity contribution is -0.122. The van der Waals surface area contributed by atoms with Gasteiger partial charge in [0.15, 0.2) is 0 Å². The van der Waals surface area contributed by atoms with Crippen LogP contribution >= 0.6 is 11.8 Å². The third-order valence-corrected chi connectivity index (χ3v) is 3.48. The molecule has 1 saturated heterocycles. The normalized spacial score (nSPS) is 18.6. The lowest BCUT2D eigenvalue weighted by Crippen LogP contribution is -2.41. The number of hydrogen-bond donors (Lipinski definition) is 3. The lowest BCUT2D eigenvalue weighted by Gasteiger charge is -2.10.